The molecule has 0 bridgehead atoms. The van der Waals surface area contributed by atoms with Gasteiger partial charge in [-0.2, -0.15) is 0 Å². The molecule has 0 radical (unpaired) electrons. The highest BCUT2D eigenvalue weighted by Gasteiger charge is 2.23. The quantitative estimate of drug-likeness (QED) is 0.638. The third kappa shape index (κ3) is 2.43. The van der Waals surface area contributed by atoms with Gasteiger partial charge in [0.25, 0.3) is 0 Å². The minimum atomic E-state index is 0.429. The van der Waals surface area contributed by atoms with E-state index in [9.17, 15) is 0 Å². The van der Waals surface area contributed by atoms with Gasteiger partial charge in [0.2, 0.25) is 0 Å². The van der Waals surface area contributed by atoms with Crippen molar-refractivity contribution in [2.45, 2.75) is 18.9 Å². The van der Waals surface area contributed by atoms with Crippen LogP contribution in [0.2, 0.25) is 0 Å². The lowest BCUT2D eigenvalue weighted by Gasteiger charge is -2.06. The van der Waals surface area contributed by atoms with Crippen molar-refractivity contribution < 1.29 is 4.74 Å². The van der Waals surface area contributed by atoms with E-state index in [1.165, 1.54) is 12.8 Å². The highest BCUT2D eigenvalue weighted by Crippen LogP contribution is 2.28. The molecule has 4 nitrogen and oxygen atoms in total. The van der Waals surface area contributed by atoms with E-state index in [2.05, 4.69) is 10.4 Å². The van der Waals surface area contributed by atoms with Crippen molar-refractivity contribution >= 4 is 5.69 Å². The Morgan fingerprint density at radius 1 is 1.17 bits per heavy atom. The lowest BCUT2D eigenvalue weighted by Crippen LogP contribution is -2.06. The number of hydrazine groups is 1. The lowest BCUT2D eigenvalue weighted by molar-refractivity contribution is 0.303. The summed E-state index contributed by atoms with van der Waals surface area (Å²) in [6.07, 6.45) is 4.51. The van der Waals surface area contributed by atoms with Crippen molar-refractivity contribution in [3.05, 3.63) is 42.6 Å². The second kappa shape index (κ2) is 4.66. The molecule has 1 aromatic carbocycles. The first-order valence-electron chi connectivity index (χ1n) is 6.05. The summed E-state index contributed by atoms with van der Waals surface area (Å²) in [5.41, 5.74) is 5.41. The zero-order valence-corrected chi connectivity index (χ0v) is 9.97. The lowest BCUT2D eigenvalue weighted by atomic mass is 10.1. The van der Waals surface area contributed by atoms with Gasteiger partial charge in [0, 0.05) is 11.8 Å². The van der Waals surface area contributed by atoms with Crippen LogP contribution in [-0.4, -0.2) is 11.1 Å². The fourth-order valence-electron chi connectivity index (χ4n) is 1.76. The normalized spacial score (nSPS) is 14.3. The van der Waals surface area contributed by atoms with E-state index in [1.807, 2.05) is 36.4 Å². The Morgan fingerprint density at radius 2 is 1.94 bits per heavy atom. The number of ether oxygens (including phenoxy) is 1. The number of benzene rings is 1. The Labute approximate surface area is 106 Å². The number of aromatic nitrogens is 1. The monoisotopic (exact) mass is 241 g/mol. The molecule has 1 aromatic heterocycles. The summed E-state index contributed by atoms with van der Waals surface area (Å²) in [6.45, 7) is 0. The predicted octanol–water partition coefficient (Wildman–Crippen LogP) is 2.58. The van der Waals surface area contributed by atoms with Gasteiger partial charge in [-0.25, -0.2) is 0 Å². The second-order valence-corrected chi connectivity index (χ2v) is 4.42. The van der Waals surface area contributed by atoms with Crippen LogP contribution in [0, 0.1) is 0 Å². The van der Waals surface area contributed by atoms with Crippen LogP contribution in [0.15, 0.2) is 42.6 Å². The standard InChI is InChI=1S/C14H15N3O/c15-17-11-7-8-16-14(9-11)10-1-3-12(4-2-10)18-13-5-6-13/h1-4,7-9,13H,5-6,15H2,(H,16,17). The molecule has 3 N–H and O–H groups in total. The zero-order chi connectivity index (χ0) is 12.4. The topological polar surface area (TPSA) is 60.2 Å². The SMILES string of the molecule is NNc1ccnc(-c2ccc(OC3CC3)cc2)c1. The molecule has 3 rings (SSSR count). The molecule has 0 amide bonds. The third-order valence-corrected chi connectivity index (χ3v) is 2.90. The number of nitrogens with zero attached hydrogens (tertiary/aromatic N) is 1. The van der Waals surface area contributed by atoms with E-state index in [4.69, 9.17) is 10.6 Å². The van der Waals surface area contributed by atoms with Gasteiger partial charge in [0.05, 0.1) is 17.5 Å². The number of hydrogen-bond acceptors (Lipinski definition) is 4. The molecule has 0 saturated heterocycles. The van der Waals surface area contributed by atoms with Gasteiger partial charge in [-0.15, -0.1) is 0 Å². The molecule has 1 heterocycles. The molecule has 0 spiro atoms. The summed E-state index contributed by atoms with van der Waals surface area (Å²) in [5.74, 6) is 6.31. The Balaban J connectivity index is 1.81. The van der Waals surface area contributed by atoms with Gasteiger partial charge in [-0.3, -0.25) is 10.8 Å². The summed E-state index contributed by atoms with van der Waals surface area (Å²) < 4.78 is 5.71. The van der Waals surface area contributed by atoms with E-state index in [1.54, 1.807) is 6.20 Å². The highest BCUT2D eigenvalue weighted by molar-refractivity contribution is 5.64. The molecule has 1 saturated carbocycles. The Morgan fingerprint density at radius 3 is 2.61 bits per heavy atom. The average molecular weight is 241 g/mol. The van der Waals surface area contributed by atoms with E-state index >= 15 is 0 Å². The summed E-state index contributed by atoms with van der Waals surface area (Å²) in [4.78, 5) is 4.32. The van der Waals surface area contributed by atoms with Gasteiger partial charge < -0.3 is 10.2 Å². The summed E-state index contributed by atoms with van der Waals surface area (Å²) in [6, 6.07) is 11.7. The Kier molecular flexibility index (Phi) is 2.86. The van der Waals surface area contributed by atoms with Crippen LogP contribution >= 0.6 is 0 Å². The van der Waals surface area contributed by atoms with Crippen LogP contribution in [0.3, 0.4) is 0 Å². The first-order chi connectivity index (χ1) is 8.85. The van der Waals surface area contributed by atoms with Gasteiger partial charge in [0.1, 0.15) is 5.75 Å². The Hall–Kier alpha value is -2.07. The van der Waals surface area contributed by atoms with Crippen molar-refractivity contribution in [2.24, 2.45) is 5.84 Å². The number of anilines is 1. The minimum absolute atomic E-state index is 0.429. The molecule has 92 valence electrons. The van der Waals surface area contributed by atoms with Crippen LogP contribution < -0.4 is 16.0 Å². The van der Waals surface area contributed by atoms with Gasteiger partial charge >= 0.3 is 0 Å². The maximum Gasteiger partial charge on any atom is 0.119 e. The molecule has 1 aliphatic carbocycles. The minimum Gasteiger partial charge on any atom is -0.490 e. The largest absolute Gasteiger partial charge is 0.490 e. The molecule has 1 fully saturated rings. The fourth-order valence-corrected chi connectivity index (χ4v) is 1.76. The van der Waals surface area contributed by atoms with E-state index in [0.29, 0.717) is 6.10 Å². The van der Waals surface area contributed by atoms with Crippen molar-refractivity contribution in [1.82, 2.24) is 4.98 Å². The van der Waals surface area contributed by atoms with E-state index in [0.717, 1.165) is 22.7 Å². The van der Waals surface area contributed by atoms with Gasteiger partial charge in [-0.05, 0) is 49.2 Å². The van der Waals surface area contributed by atoms with Crippen molar-refractivity contribution in [2.75, 3.05) is 5.43 Å². The van der Waals surface area contributed by atoms with Gasteiger partial charge in [-0.1, -0.05) is 0 Å². The predicted molar refractivity (Wildman–Crippen MR) is 71.1 cm³/mol. The summed E-state index contributed by atoms with van der Waals surface area (Å²) in [7, 11) is 0. The van der Waals surface area contributed by atoms with E-state index < -0.39 is 0 Å². The first kappa shape index (κ1) is 11.0. The Bertz CT molecular complexity index is 535. The molecule has 18 heavy (non-hydrogen) atoms. The number of nitrogens with one attached hydrogen (secondary N) is 1. The molecule has 0 unspecified atom stereocenters. The maximum absolute atomic E-state index is 5.71. The summed E-state index contributed by atoms with van der Waals surface area (Å²) >= 11 is 0. The van der Waals surface area contributed by atoms with Crippen molar-refractivity contribution in [3.63, 3.8) is 0 Å². The number of pyridine rings is 1. The van der Waals surface area contributed by atoms with Crippen LogP contribution in [0.5, 0.6) is 5.75 Å². The first-order valence-corrected chi connectivity index (χ1v) is 6.05. The number of nitrogens with two attached hydrogens (primary N) is 1. The van der Waals surface area contributed by atoms with Crippen molar-refractivity contribution in [1.29, 1.82) is 0 Å². The molecular formula is C14H15N3O. The smallest absolute Gasteiger partial charge is 0.119 e. The van der Waals surface area contributed by atoms with Crippen LogP contribution in [0.25, 0.3) is 11.3 Å². The molecule has 1 aliphatic rings. The molecule has 2 aromatic rings. The molecule has 0 atom stereocenters. The van der Waals surface area contributed by atoms with Crippen LogP contribution in [0.1, 0.15) is 12.8 Å². The van der Waals surface area contributed by atoms with Crippen molar-refractivity contribution in [3.8, 4) is 17.0 Å². The van der Waals surface area contributed by atoms with E-state index in [-0.39, 0.29) is 0 Å². The summed E-state index contributed by atoms with van der Waals surface area (Å²) in [5, 5.41) is 0. The fraction of sp³-hybridized carbons (Fsp3) is 0.214. The molecule has 0 aliphatic heterocycles. The highest BCUT2D eigenvalue weighted by atomic mass is 16.5. The average Bonchev–Trinajstić information content (AvgIpc) is 3.24. The zero-order valence-electron chi connectivity index (χ0n) is 9.97. The van der Waals surface area contributed by atoms with Crippen LogP contribution in [-0.2, 0) is 0 Å². The number of hydrogen-bond donors (Lipinski definition) is 2. The second-order valence-electron chi connectivity index (χ2n) is 4.42. The maximum atomic E-state index is 5.71. The molecular weight excluding hydrogens is 226 g/mol. The number of rotatable bonds is 4. The molecule has 4 heteroatoms. The van der Waals surface area contributed by atoms with Gasteiger partial charge in [0.15, 0.2) is 0 Å². The third-order valence-electron chi connectivity index (χ3n) is 2.90. The van der Waals surface area contributed by atoms with Crippen LogP contribution in [0.4, 0.5) is 5.69 Å². The number of nitrogen functional groups attached to an aromatic ring is 1.